The average Bonchev–Trinajstić information content (AvgIpc) is 2.26. The zero-order valence-corrected chi connectivity index (χ0v) is 10.3. The molecule has 0 aliphatic rings. The summed E-state index contributed by atoms with van der Waals surface area (Å²) in [4.78, 5) is 0. The van der Waals surface area contributed by atoms with E-state index in [1.54, 1.807) is 0 Å². The summed E-state index contributed by atoms with van der Waals surface area (Å²) in [6, 6.07) is 0. The van der Waals surface area contributed by atoms with Gasteiger partial charge in [0.1, 0.15) is 0 Å². The van der Waals surface area contributed by atoms with Crippen LogP contribution in [-0.4, -0.2) is 46.2 Å². The second-order valence-electron chi connectivity index (χ2n) is 3.59. The van der Waals surface area contributed by atoms with Crippen LogP contribution in [0.25, 0.3) is 0 Å². The number of hydrogen-bond donors (Lipinski definition) is 1. The lowest BCUT2D eigenvalue weighted by molar-refractivity contribution is -0.433. The van der Waals surface area contributed by atoms with Crippen LogP contribution in [0.2, 0.25) is 0 Å². The number of thioether (sulfide) groups is 1. The van der Waals surface area contributed by atoms with Gasteiger partial charge in [-0.25, -0.2) is 0 Å². The van der Waals surface area contributed by atoms with Gasteiger partial charge in [-0.2, -0.15) is 57.1 Å². The molecule has 0 heterocycles. The van der Waals surface area contributed by atoms with Crippen molar-refractivity contribution in [1.82, 2.24) is 0 Å². The molecule has 0 aromatic carbocycles. The van der Waals surface area contributed by atoms with E-state index in [1.165, 1.54) is 0 Å². The number of aliphatic hydroxyl groups excluding tert-OH is 1. The van der Waals surface area contributed by atoms with Crippen LogP contribution in [0, 0.1) is 0 Å². The maximum absolute atomic E-state index is 12.8. The first-order valence-corrected chi connectivity index (χ1v) is 5.50. The lowest BCUT2D eigenvalue weighted by Gasteiger charge is -2.39. The van der Waals surface area contributed by atoms with Gasteiger partial charge < -0.3 is 5.11 Å². The van der Waals surface area contributed by atoms with E-state index < -0.39 is 52.8 Å². The minimum absolute atomic E-state index is 1.77. The van der Waals surface area contributed by atoms with Crippen LogP contribution in [0.4, 0.5) is 57.1 Å². The summed E-state index contributed by atoms with van der Waals surface area (Å²) in [6.45, 7) is 0. The first-order chi connectivity index (χ1) is 9.31. The lowest BCUT2D eigenvalue weighted by Crippen LogP contribution is -2.69. The molecule has 0 amide bonds. The van der Waals surface area contributed by atoms with Crippen molar-refractivity contribution in [3.8, 4) is 0 Å². The maximum Gasteiger partial charge on any atom is 0.460 e. The number of alkyl halides is 13. The zero-order chi connectivity index (χ0) is 18.4. The third kappa shape index (κ3) is 2.80. The van der Waals surface area contributed by atoms with E-state index >= 15 is 0 Å². The van der Waals surface area contributed by atoms with Gasteiger partial charge in [0.25, 0.3) is 0 Å². The van der Waals surface area contributed by atoms with Crippen molar-refractivity contribution in [2.75, 3.05) is 5.94 Å². The quantitative estimate of drug-likeness (QED) is 0.544. The molecule has 0 rings (SSSR count). The van der Waals surface area contributed by atoms with Gasteiger partial charge in [0.05, 0.1) is 5.94 Å². The van der Waals surface area contributed by atoms with Crippen LogP contribution in [0.5, 0.6) is 0 Å². The molecule has 0 unspecified atom stereocenters. The zero-order valence-electron chi connectivity index (χ0n) is 9.48. The highest BCUT2D eigenvalue weighted by molar-refractivity contribution is 8.00. The minimum Gasteiger partial charge on any atom is -0.386 e. The normalized spacial score (nSPS) is 16.1. The predicted octanol–water partition coefficient (Wildman–Crippen LogP) is 4.37. The first-order valence-electron chi connectivity index (χ1n) is 4.52. The Bertz CT molecular complexity index is 400. The Morgan fingerprint density at radius 2 is 0.864 bits per heavy atom. The SMILES string of the molecule is OCSC(F)(F)C(F)(F)C(F)(F)C(F)(F)C(F)(F)C(F)(F)F. The topological polar surface area (TPSA) is 20.2 Å². The van der Waals surface area contributed by atoms with Crippen LogP contribution in [0.15, 0.2) is 0 Å². The number of hydrogen-bond acceptors (Lipinski definition) is 2. The monoisotopic (exact) mass is 382 g/mol. The Hall–Kier alpha value is -0.600. The Kier molecular flexibility index (Phi) is 5.34. The predicted molar refractivity (Wildman–Crippen MR) is 45.5 cm³/mol. The molecule has 0 aliphatic heterocycles. The van der Waals surface area contributed by atoms with Crippen molar-refractivity contribution in [2.24, 2.45) is 0 Å². The highest BCUT2D eigenvalue weighted by atomic mass is 32.2. The van der Waals surface area contributed by atoms with Gasteiger partial charge in [0.2, 0.25) is 0 Å². The third-order valence-electron chi connectivity index (χ3n) is 2.15. The van der Waals surface area contributed by atoms with Gasteiger partial charge in [-0.15, -0.1) is 0 Å². The van der Waals surface area contributed by atoms with Crippen molar-refractivity contribution in [2.45, 2.75) is 35.1 Å². The van der Waals surface area contributed by atoms with Crippen LogP contribution >= 0.6 is 11.8 Å². The summed E-state index contributed by atoms with van der Waals surface area (Å²) >= 11 is -1.77. The summed E-state index contributed by atoms with van der Waals surface area (Å²) in [7, 11) is 0. The Labute approximate surface area is 116 Å². The fourth-order valence-corrected chi connectivity index (χ4v) is 1.40. The van der Waals surface area contributed by atoms with Crippen molar-refractivity contribution in [3.05, 3.63) is 0 Å². The molecule has 1 N–H and O–H groups in total. The molecule has 1 nitrogen and oxygen atoms in total. The van der Waals surface area contributed by atoms with Gasteiger partial charge in [-0.05, 0) is 0 Å². The van der Waals surface area contributed by atoms with Crippen LogP contribution in [0.1, 0.15) is 0 Å². The molecule has 15 heteroatoms. The fraction of sp³-hybridized carbons (Fsp3) is 1.00. The second-order valence-corrected chi connectivity index (χ2v) is 4.65. The van der Waals surface area contributed by atoms with Crippen molar-refractivity contribution in [1.29, 1.82) is 0 Å². The molecule has 0 spiro atoms. The maximum atomic E-state index is 12.8. The van der Waals surface area contributed by atoms with Crippen LogP contribution in [-0.2, 0) is 0 Å². The summed E-state index contributed by atoms with van der Waals surface area (Å²) in [5.41, 5.74) is 0. The largest absolute Gasteiger partial charge is 0.460 e. The van der Waals surface area contributed by atoms with E-state index in [2.05, 4.69) is 0 Å². The van der Waals surface area contributed by atoms with E-state index in [9.17, 15) is 57.1 Å². The second kappa shape index (κ2) is 5.49. The molecule has 0 aromatic heterocycles. The standard InChI is InChI=1S/C7H3F13OS/c8-2(9,4(12,13)6(16,17)18)3(10,11)5(14,15)7(19,20)22-1-21/h21H,1H2. The third-order valence-corrected chi connectivity index (χ3v) is 2.90. The molecule has 0 aliphatic carbocycles. The smallest absolute Gasteiger partial charge is 0.386 e. The molecule has 0 radical (unpaired) electrons. The van der Waals surface area contributed by atoms with Crippen LogP contribution in [0.3, 0.4) is 0 Å². The van der Waals surface area contributed by atoms with Crippen molar-refractivity contribution in [3.63, 3.8) is 0 Å². The lowest BCUT2D eigenvalue weighted by atomic mass is 9.98. The Morgan fingerprint density at radius 1 is 0.545 bits per heavy atom. The Balaban J connectivity index is 6.11. The molecule has 0 saturated carbocycles. The molecule has 0 fully saturated rings. The van der Waals surface area contributed by atoms with E-state index in [0.717, 1.165) is 0 Å². The van der Waals surface area contributed by atoms with Gasteiger partial charge >= 0.3 is 35.1 Å². The molecular weight excluding hydrogens is 379 g/mol. The van der Waals surface area contributed by atoms with Gasteiger partial charge in [0.15, 0.2) is 0 Å². The van der Waals surface area contributed by atoms with E-state index in [4.69, 9.17) is 5.11 Å². The van der Waals surface area contributed by atoms with E-state index in [-0.39, 0.29) is 0 Å². The number of halogens is 13. The van der Waals surface area contributed by atoms with Gasteiger partial charge in [-0.3, -0.25) is 0 Å². The summed E-state index contributed by atoms with van der Waals surface area (Å²) in [6.07, 6.45) is -7.42. The molecule has 0 aromatic rings. The molecule has 0 bridgehead atoms. The van der Waals surface area contributed by atoms with Crippen molar-refractivity contribution < 1.29 is 62.2 Å². The molecule has 0 saturated heterocycles. The van der Waals surface area contributed by atoms with E-state index in [0.29, 0.717) is 0 Å². The molecule has 0 atom stereocenters. The highest BCUT2D eigenvalue weighted by Crippen LogP contribution is 2.61. The first kappa shape index (κ1) is 21.4. The fourth-order valence-electron chi connectivity index (χ4n) is 0.927. The Morgan fingerprint density at radius 3 is 1.14 bits per heavy atom. The molecular formula is C7H3F13OS. The molecule has 22 heavy (non-hydrogen) atoms. The summed E-state index contributed by atoms with van der Waals surface area (Å²) in [5, 5.41) is 1.64. The van der Waals surface area contributed by atoms with Gasteiger partial charge in [0, 0.05) is 0 Å². The highest BCUT2D eigenvalue weighted by Gasteiger charge is 2.90. The summed E-state index contributed by atoms with van der Waals surface area (Å²) in [5.74, 6) is -32.8. The number of aliphatic hydroxyl groups is 1. The number of rotatable bonds is 6. The van der Waals surface area contributed by atoms with Crippen molar-refractivity contribution >= 4 is 11.8 Å². The van der Waals surface area contributed by atoms with E-state index in [1.807, 2.05) is 0 Å². The van der Waals surface area contributed by atoms with Crippen LogP contribution < -0.4 is 0 Å². The average molecular weight is 382 g/mol. The van der Waals surface area contributed by atoms with Gasteiger partial charge in [-0.1, -0.05) is 11.8 Å². The summed E-state index contributed by atoms with van der Waals surface area (Å²) < 4.78 is 161. The molecule has 134 valence electrons. The minimum atomic E-state index is -7.90.